The Morgan fingerprint density at radius 2 is 1.24 bits per heavy atom. The fraction of sp³-hybridized carbons (Fsp3) is 0.625. The third kappa shape index (κ3) is 4.17. The van der Waals surface area contributed by atoms with E-state index < -0.39 is 18.6 Å². The molecule has 9 heteroatoms. The van der Waals surface area contributed by atoms with Crippen LogP contribution in [0, 0.1) is 47.3 Å². The molecule has 4 bridgehead atoms. The largest absolute Gasteiger partial charge is 0.456 e. The summed E-state index contributed by atoms with van der Waals surface area (Å²) >= 11 is 0. The molecule has 0 unspecified atom stereocenters. The van der Waals surface area contributed by atoms with Crippen molar-refractivity contribution >= 4 is 35.4 Å². The maximum Gasteiger partial charge on any atom is 0.329 e. The van der Waals surface area contributed by atoms with E-state index in [-0.39, 0.29) is 77.9 Å². The van der Waals surface area contributed by atoms with Crippen LogP contribution in [0.1, 0.15) is 68.1 Å². The average Bonchev–Trinajstić information content (AvgIpc) is 3.83. The molecule has 0 aromatic heterocycles. The molecular weight excluding hydrogens is 524 g/mol. The number of unbranched alkanes of at least 4 members (excludes halogenated alkanes) is 1. The zero-order valence-electron chi connectivity index (χ0n) is 23.1. The summed E-state index contributed by atoms with van der Waals surface area (Å²) in [6.45, 7) is -0.203. The summed E-state index contributed by atoms with van der Waals surface area (Å²) in [7, 11) is 0. The normalized spacial score (nSPS) is 35.4. The Balaban J connectivity index is 1.02. The van der Waals surface area contributed by atoms with Gasteiger partial charge in [-0.15, -0.1) is 0 Å². The molecule has 2 saturated heterocycles. The molecule has 0 N–H and O–H groups in total. The highest BCUT2D eigenvalue weighted by molar-refractivity contribution is 6.09. The fourth-order valence-corrected chi connectivity index (χ4v) is 9.33. The van der Waals surface area contributed by atoms with Gasteiger partial charge in [0.2, 0.25) is 23.6 Å². The van der Waals surface area contributed by atoms with E-state index in [0.29, 0.717) is 30.2 Å². The molecular formula is C32H36N2O7. The van der Waals surface area contributed by atoms with Gasteiger partial charge in [-0.1, -0.05) is 30.3 Å². The molecule has 0 radical (unpaired) electrons. The highest BCUT2D eigenvalue weighted by Crippen LogP contribution is 2.57. The summed E-state index contributed by atoms with van der Waals surface area (Å²) in [5.74, 6) is -1.87. The maximum absolute atomic E-state index is 13.5. The van der Waals surface area contributed by atoms with Crippen LogP contribution >= 0.6 is 0 Å². The molecule has 216 valence electrons. The molecule has 7 rings (SSSR count). The first kappa shape index (κ1) is 26.5. The molecule has 41 heavy (non-hydrogen) atoms. The number of hydrogen-bond acceptors (Lipinski definition) is 7. The topological polar surface area (TPSA) is 118 Å². The van der Waals surface area contributed by atoms with Crippen molar-refractivity contribution in [3.05, 3.63) is 35.9 Å². The fourth-order valence-electron chi connectivity index (χ4n) is 9.33. The zero-order chi connectivity index (χ0) is 28.4. The van der Waals surface area contributed by atoms with Gasteiger partial charge in [0.15, 0.2) is 12.4 Å². The van der Waals surface area contributed by atoms with Crippen molar-refractivity contribution in [2.75, 3.05) is 13.2 Å². The summed E-state index contributed by atoms with van der Waals surface area (Å²) in [6.07, 6.45) is 6.84. The van der Waals surface area contributed by atoms with Gasteiger partial charge in [-0.05, 0) is 81.5 Å². The summed E-state index contributed by atoms with van der Waals surface area (Å²) < 4.78 is 5.41. The number of esters is 1. The second kappa shape index (κ2) is 10.2. The number of hydrogen-bond donors (Lipinski definition) is 0. The molecule has 4 aliphatic carbocycles. The van der Waals surface area contributed by atoms with E-state index >= 15 is 0 Å². The van der Waals surface area contributed by atoms with Gasteiger partial charge < -0.3 is 4.74 Å². The molecule has 9 atom stereocenters. The van der Waals surface area contributed by atoms with Crippen molar-refractivity contribution in [2.24, 2.45) is 47.3 Å². The van der Waals surface area contributed by atoms with Gasteiger partial charge in [0.05, 0.1) is 23.7 Å². The number of carbonyl (C=O) groups excluding carboxylic acids is 6. The van der Waals surface area contributed by atoms with Gasteiger partial charge in [0.1, 0.15) is 6.04 Å². The molecule has 9 nitrogen and oxygen atoms in total. The minimum Gasteiger partial charge on any atom is -0.456 e. The lowest BCUT2D eigenvalue weighted by atomic mass is 9.81. The highest BCUT2D eigenvalue weighted by atomic mass is 16.5. The van der Waals surface area contributed by atoms with Crippen molar-refractivity contribution in [3.63, 3.8) is 0 Å². The number of ketones is 1. The van der Waals surface area contributed by atoms with Crippen LogP contribution in [-0.4, -0.2) is 64.4 Å². The smallest absolute Gasteiger partial charge is 0.329 e. The molecule has 4 saturated carbocycles. The third-order valence-corrected chi connectivity index (χ3v) is 11.1. The Hall–Kier alpha value is -3.36. The van der Waals surface area contributed by atoms with Gasteiger partial charge >= 0.3 is 5.97 Å². The minimum absolute atomic E-state index is 0.0595. The molecule has 2 heterocycles. The van der Waals surface area contributed by atoms with Gasteiger partial charge in [-0.2, -0.15) is 0 Å². The standard InChI is InChI=1S/C32H36N2O7/c35-23(17-6-2-1-3-7-17)16-41-32(40)22(34-30(38)26-20-11-12-21(15-20)27(26)31(34)39)8-4-5-13-33-28(36)24-18-9-10-19(14-18)25(24)29(33)37/h1-3,6-7,18-22,24-27H,4-5,8-16H2/t18-,19-,20-,21-,22-,24-,25+,26+,27+/m0/s1. The van der Waals surface area contributed by atoms with Crippen molar-refractivity contribution in [1.82, 2.24) is 9.80 Å². The van der Waals surface area contributed by atoms with E-state index in [4.69, 9.17) is 4.74 Å². The second-order valence-corrected chi connectivity index (χ2v) is 13.1. The number of benzene rings is 1. The summed E-state index contributed by atoms with van der Waals surface area (Å²) in [4.78, 5) is 81.7. The predicted octanol–water partition coefficient (Wildman–Crippen LogP) is 3.01. The van der Waals surface area contributed by atoms with E-state index in [1.54, 1.807) is 30.3 Å². The predicted molar refractivity (Wildman–Crippen MR) is 144 cm³/mol. The highest BCUT2D eigenvalue weighted by Gasteiger charge is 2.63. The quantitative estimate of drug-likeness (QED) is 0.187. The first-order valence-corrected chi connectivity index (χ1v) is 15.3. The number of likely N-dealkylation sites (tertiary alicyclic amines) is 2. The zero-order valence-corrected chi connectivity index (χ0v) is 23.1. The molecule has 0 spiro atoms. The average molecular weight is 561 g/mol. The van der Waals surface area contributed by atoms with Crippen LogP contribution < -0.4 is 0 Å². The van der Waals surface area contributed by atoms with Crippen LogP contribution in [0.3, 0.4) is 0 Å². The number of carbonyl (C=O) groups is 6. The van der Waals surface area contributed by atoms with E-state index in [1.165, 1.54) is 4.90 Å². The molecule has 6 aliphatic rings. The van der Waals surface area contributed by atoms with E-state index in [2.05, 4.69) is 0 Å². The lowest BCUT2D eigenvalue weighted by molar-refractivity contribution is -0.159. The number of nitrogens with zero attached hydrogens (tertiary/aromatic N) is 2. The van der Waals surface area contributed by atoms with Crippen molar-refractivity contribution < 1.29 is 33.5 Å². The van der Waals surface area contributed by atoms with Gasteiger partial charge in [-0.25, -0.2) is 4.79 Å². The molecule has 1 aromatic carbocycles. The Kier molecular flexibility index (Phi) is 6.58. The number of ether oxygens (including phenoxy) is 1. The Labute approximate surface area is 238 Å². The maximum atomic E-state index is 13.5. The number of imide groups is 2. The Morgan fingerprint density at radius 3 is 1.78 bits per heavy atom. The van der Waals surface area contributed by atoms with Gasteiger partial charge in [0.25, 0.3) is 0 Å². The van der Waals surface area contributed by atoms with E-state index in [9.17, 15) is 28.8 Å². The summed E-state index contributed by atoms with van der Waals surface area (Å²) in [6, 6.07) is 7.38. The van der Waals surface area contributed by atoms with E-state index in [0.717, 1.165) is 43.4 Å². The Bertz CT molecular complexity index is 1250. The van der Waals surface area contributed by atoms with Crippen molar-refractivity contribution in [2.45, 2.75) is 63.8 Å². The molecule has 4 amide bonds. The van der Waals surface area contributed by atoms with Crippen LogP contribution in [0.15, 0.2) is 30.3 Å². The number of amides is 4. The number of Topliss-reactive ketones (excluding diaryl/α,β-unsaturated/α-hetero) is 1. The lowest BCUT2D eigenvalue weighted by Gasteiger charge is -2.26. The summed E-state index contributed by atoms with van der Waals surface area (Å²) in [5, 5.41) is 0. The number of rotatable bonds is 10. The second-order valence-electron chi connectivity index (χ2n) is 13.1. The van der Waals surface area contributed by atoms with Crippen LogP contribution in [0.4, 0.5) is 0 Å². The van der Waals surface area contributed by atoms with Crippen molar-refractivity contribution in [1.29, 1.82) is 0 Å². The van der Waals surface area contributed by atoms with Crippen LogP contribution in [0.2, 0.25) is 0 Å². The van der Waals surface area contributed by atoms with Gasteiger partial charge in [-0.3, -0.25) is 33.8 Å². The van der Waals surface area contributed by atoms with E-state index in [1.807, 2.05) is 0 Å². The van der Waals surface area contributed by atoms with Crippen LogP contribution in [0.5, 0.6) is 0 Å². The SMILES string of the molecule is O=C(COC(=O)[C@H](CCCCN1C(=O)[C@@H]2[C@H]3CC[C@@H](C3)[C@@H]2C1=O)N1C(=O)[C@@H]2[C@H]3CC[C@@H](C3)[C@H]2C1=O)c1ccccc1. The first-order valence-electron chi connectivity index (χ1n) is 15.3. The molecule has 6 fully saturated rings. The number of fused-ring (bicyclic) bond motifs is 10. The lowest BCUT2D eigenvalue weighted by Crippen LogP contribution is -2.47. The third-order valence-electron chi connectivity index (χ3n) is 11.1. The molecule has 2 aliphatic heterocycles. The van der Waals surface area contributed by atoms with Gasteiger partial charge in [0, 0.05) is 12.1 Å². The first-order chi connectivity index (χ1) is 19.8. The van der Waals surface area contributed by atoms with Crippen LogP contribution in [0.25, 0.3) is 0 Å². The molecule has 1 aromatic rings. The van der Waals surface area contributed by atoms with Crippen LogP contribution in [-0.2, 0) is 28.7 Å². The minimum atomic E-state index is -1.12. The monoisotopic (exact) mass is 560 g/mol. The summed E-state index contributed by atoms with van der Waals surface area (Å²) in [5.41, 5.74) is 0.412. The van der Waals surface area contributed by atoms with Crippen molar-refractivity contribution in [3.8, 4) is 0 Å². The Morgan fingerprint density at radius 1 is 0.732 bits per heavy atom.